The lowest BCUT2D eigenvalue weighted by Crippen LogP contribution is -2.40. The minimum atomic E-state index is -3.79. The number of thiophene rings is 1. The third-order valence-corrected chi connectivity index (χ3v) is 6.82. The van der Waals surface area contributed by atoms with Gasteiger partial charge in [-0.2, -0.15) is 0 Å². The van der Waals surface area contributed by atoms with Crippen LogP contribution in [-0.4, -0.2) is 32.3 Å². The van der Waals surface area contributed by atoms with Gasteiger partial charge in [0.05, 0.1) is 0 Å². The van der Waals surface area contributed by atoms with Gasteiger partial charge in [-0.05, 0) is 36.1 Å². The van der Waals surface area contributed by atoms with Gasteiger partial charge in [0.1, 0.15) is 14.8 Å². The van der Waals surface area contributed by atoms with Gasteiger partial charge < -0.3 is 5.32 Å². The highest BCUT2D eigenvalue weighted by Crippen LogP contribution is 2.31. The number of nitrogens with zero attached hydrogens (tertiary/aromatic N) is 1. The van der Waals surface area contributed by atoms with Crippen molar-refractivity contribution < 1.29 is 18.0 Å². The van der Waals surface area contributed by atoms with Gasteiger partial charge >= 0.3 is 6.03 Å². The zero-order valence-corrected chi connectivity index (χ0v) is 15.6. The molecule has 1 aromatic carbocycles. The second kappa shape index (κ2) is 6.01. The van der Waals surface area contributed by atoms with Gasteiger partial charge in [-0.15, -0.1) is 11.3 Å². The predicted molar refractivity (Wildman–Crippen MR) is 95.2 cm³/mol. The quantitative estimate of drug-likeness (QED) is 0.772. The molecular formula is C15H14ClN3O4S2. The van der Waals surface area contributed by atoms with E-state index < -0.39 is 21.6 Å². The van der Waals surface area contributed by atoms with E-state index in [1.807, 2.05) is 0 Å². The van der Waals surface area contributed by atoms with Crippen LogP contribution in [0.5, 0.6) is 0 Å². The molecule has 0 radical (unpaired) electrons. The summed E-state index contributed by atoms with van der Waals surface area (Å²) in [5, 5.41) is 4.22. The number of carbonyl (C=O) groups excluding carboxylic acids is 2. The zero-order chi connectivity index (χ0) is 18.4. The lowest BCUT2D eigenvalue weighted by molar-refractivity contribution is -0.130. The van der Waals surface area contributed by atoms with E-state index in [2.05, 4.69) is 10.0 Å². The summed E-state index contributed by atoms with van der Waals surface area (Å²) in [5.41, 5.74) is -0.314. The van der Waals surface area contributed by atoms with Crippen molar-refractivity contribution in [2.45, 2.75) is 17.4 Å². The molecule has 3 amide bonds. The lowest BCUT2D eigenvalue weighted by atomic mass is 9.92. The second-order valence-corrected chi connectivity index (χ2v) is 8.83. The molecule has 25 heavy (non-hydrogen) atoms. The highest BCUT2D eigenvalue weighted by molar-refractivity contribution is 7.93. The normalized spacial score (nSPS) is 20.7. The Bertz CT molecular complexity index is 955. The number of nitrogens with one attached hydrogen (secondary N) is 2. The molecule has 1 atom stereocenters. The first-order valence-corrected chi connectivity index (χ1v) is 9.86. The van der Waals surface area contributed by atoms with E-state index in [9.17, 15) is 18.0 Å². The van der Waals surface area contributed by atoms with Crippen LogP contribution in [0.3, 0.4) is 0 Å². The minimum Gasteiger partial charge on any atom is -0.319 e. The molecule has 1 aliphatic heterocycles. The number of anilines is 1. The molecule has 1 aromatic heterocycles. The topological polar surface area (TPSA) is 95.6 Å². The molecule has 3 rings (SSSR count). The Hall–Kier alpha value is -2.10. The highest BCUT2D eigenvalue weighted by Gasteiger charge is 2.47. The fourth-order valence-electron chi connectivity index (χ4n) is 2.53. The molecule has 7 nitrogen and oxygen atoms in total. The molecule has 0 saturated carbocycles. The largest absolute Gasteiger partial charge is 0.325 e. The van der Waals surface area contributed by atoms with E-state index in [1.165, 1.54) is 25.2 Å². The van der Waals surface area contributed by atoms with Crippen molar-refractivity contribution in [3.05, 3.63) is 45.6 Å². The second-order valence-electron chi connectivity index (χ2n) is 5.66. The molecule has 2 heterocycles. The van der Waals surface area contributed by atoms with Crippen molar-refractivity contribution in [2.24, 2.45) is 0 Å². The summed E-state index contributed by atoms with van der Waals surface area (Å²) in [4.78, 5) is 25.0. The van der Waals surface area contributed by atoms with Crippen molar-refractivity contribution >= 4 is 50.6 Å². The maximum absolute atomic E-state index is 12.3. The number of imide groups is 1. The van der Waals surface area contributed by atoms with Crippen molar-refractivity contribution in [3.63, 3.8) is 0 Å². The Morgan fingerprint density at radius 3 is 2.32 bits per heavy atom. The van der Waals surface area contributed by atoms with Crippen molar-refractivity contribution in [3.8, 4) is 0 Å². The van der Waals surface area contributed by atoms with E-state index in [1.54, 1.807) is 24.4 Å². The standard InChI is InChI=1S/C15H14ClN3O4S2/c1-15(13(20)19(2)14(21)17-15)9-3-5-10(6-4-9)18-25(22,23)11-7-8-24-12(11)16/h3-8,18H,1-2H3,(H,17,21). The van der Waals surface area contributed by atoms with E-state index in [4.69, 9.17) is 11.6 Å². The number of amides is 3. The number of halogens is 1. The van der Waals surface area contributed by atoms with Crippen LogP contribution in [-0.2, 0) is 20.4 Å². The molecule has 2 N–H and O–H groups in total. The SMILES string of the molecule is CN1C(=O)NC(C)(c2ccc(NS(=O)(=O)c3ccsc3Cl)cc2)C1=O. The van der Waals surface area contributed by atoms with Crippen LogP contribution in [0.25, 0.3) is 0 Å². The van der Waals surface area contributed by atoms with Crippen LogP contribution in [0.2, 0.25) is 4.34 Å². The van der Waals surface area contributed by atoms with Crippen LogP contribution in [0.4, 0.5) is 10.5 Å². The summed E-state index contributed by atoms with van der Waals surface area (Å²) >= 11 is 7.01. The maximum Gasteiger partial charge on any atom is 0.325 e. The van der Waals surface area contributed by atoms with Crippen molar-refractivity contribution in [2.75, 3.05) is 11.8 Å². The minimum absolute atomic E-state index is 0.00932. The average molecular weight is 400 g/mol. The number of urea groups is 1. The Labute approximate surface area is 153 Å². The average Bonchev–Trinajstić information content (AvgIpc) is 3.07. The van der Waals surface area contributed by atoms with Crippen LogP contribution >= 0.6 is 22.9 Å². The zero-order valence-electron chi connectivity index (χ0n) is 13.2. The predicted octanol–water partition coefficient (Wildman–Crippen LogP) is 2.60. The molecular weight excluding hydrogens is 386 g/mol. The Morgan fingerprint density at radius 2 is 1.84 bits per heavy atom. The third kappa shape index (κ3) is 2.99. The summed E-state index contributed by atoms with van der Waals surface area (Å²) in [6.45, 7) is 1.60. The van der Waals surface area contributed by atoms with Gasteiger partial charge in [-0.3, -0.25) is 14.4 Å². The Morgan fingerprint density at radius 1 is 1.20 bits per heavy atom. The number of rotatable bonds is 4. The maximum atomic E-state index is 12.3. The van der Waals surface area contributed by atoms with Gasteiger partial charge in [0.2, 0.25) is 0 Å². The van der Waals surface area contributed by atoms with E-state index in [-0.39, 0.29) is 15.1 Å². The monoisotopic (exact) mass is 399 g/mol. The molecule has 0 spiro atoms. The molecule has 0 bridgehead atoms. The van der Waals surface area contributed by atoms with Crippen LogP contribution in [0.15, 0.2) is 40.6 Å². The number of benzene rings is 1. The van der Waals surface area contributed by atoms with Crippen LogP contribution in [0.1, 0.15) is 12.5 Å². The van der Waals surface area contributed by atoms with Crippen molar-refractivity contribution in [1.82, 2.24) is 10.2 Å². The van der Waals surface area contributed by atoms with Gasteiger partial charge in [-0.1, -0.05) is 23.7 Å². The first-order chi connectivity index (χ1) is 11.6. The number of hydrogen-bond donors (Lipinski definition) is 2. The number of likely N-dealkylation sites (N-methyl/N-ethyl adjacent to an activating group) is 1. The molecule has 1 aliphatic rings. The highest BCUT2D eigenvalue weighted by atomic mass is 35.5. The van der Waals surface area contributed by atoms with Gasteiger partial charge in [-0.25, -0.2) is 13.2 Å². The molecule has 1 fully saturated rings. The number of hydrogen-bond acceptors (Lipinski definition) is 5. The summed E-state index contributed by atoms with van der Waals surface area (Å²) in [5.74, 6) is -0.379. The van der Waals surface area contributed by atoms with E-state index in [0.29, 0.717) is 11.3 Å². The molecule has 2 aromatic rings. The van der Waals surface area contributed by atoms with Crippen molar-refractivity contribution in [1.29, 1.82) is 0 Å². The summed E-state index contributed by atoms with van der Waals surface area (Å²) in [7, 11) is -2.39. The van der Waals surface area contributed by atoms with Crippen LogP contribution < -0.4 is 10.0 Å². The number of carbonyl (C=O) groups is 2. The van der Waals surface area contributed by atoms with Gasteiger partial charge in [0.15, 0.2) is 0 Å². The Balaban J connectivity index is 1.85. The third-order valence-electron chi connectivity index (χ3n) is 3.98. The first kappa shape index (κ1) is 17.7. The lowest BCUT2D eigenvalue weighted by Gasteiger charge is -2.22. The molecule has 0 aliphatic carbocycles. The summed E-state index contributed by atoms with van der Waals surface area (Å²) < 4.78 is 27.3. The molecule has 132 valence electrons. The fraction of sp³-hybridized carbons (Fsp3) is 0.200. The van der Waals surface area contributed by atoms with E-state index in [0.717, 1.165) is 16.2 Å². The van der Waals surface area contributed by atoms with E-state index >= 15 is 0 Å². The molecule has 1 saturated heterocycles. The van der Waals surface area contributed by atoms with Gasteiger partial charge in [0.25, 0.3) is 15.9 Å². The van der Waals surface area contributed by atoms with Gasteiger partial charge in [0, 0.05) is 12.7 Å². The first-order valence-electron chi connectivity index (χ1n) is 7.12. The summed E-state index contributed by atoms with van der Waals surface area (Å²) in [6.07, 6.45) is 0. The number of sulfonamides is 1. The fourth-order valence-corrected chi connectivity index (χ4v) is 5.13. The smallest absolute Gasteiger partial charge is 0.319 e. The summed E-state index contributed by atoms with van der Waals surface area (Å²) in [6, 6.07) is 7.17. The van der Waals surface area contributed by atoms with Crippen LogP contribution in [0, 0.1) is 0 Å². The molecule has 10 heteroatoms. The Kier molecular flexibility index (Phi) is 4.26. The molecule has 1 unspecified atom stereocenters.